The van der Waals surface area contributed by atoms with Crippen LogP contribution in [0.4, 0.5) is 0 Å². The Labute approximate surface area is 191 Å². The summed E-state index contributed by atoms with van der Waals surface area (Å²) in [5, 5.41) is 4.14. The lowest BCUT2D eigenvalue weighted by molar-refractivity contribution is 0.283. The fraction of sp³-hybridized carbons (Fsp3) is 0.200. The molecule has 0 bridgehead atoms. The van der Waals surface area contributed by atoms with E-state index in [1.54, 1.807) is 19.5 Å². The molecule has 0 spiro atoms. The van der Waals surface area contributed by atoms with Gasteiger partial charge in [-0.05, 0) is 41.3 Å². The van der Waals surface area contributed by atoms with Gasteiger partial charge >= 0.3 is 0 Å². The Balaban J connectivity index is 1.41. The number of nitrogens with zero attached hydrogens (tertiary/aromatic N) is 3. The monoisotopic (exact) mass is 446 g/mol. The Morgan fingerprint density at radius 2 is 2.00 bits per heavy atom. The van der Waals surface area contributed by atoms with Crippen molar-refractivity contribution in [3.63, 3.8) is 0 Å². The molecule has 1 atom stereocenters. The quantitative estimate of drug-likeness (QED) is 0.458. The van der Waals surface area contributed by atoms with Crippen molar-refractivity contribution in [2.75, 3.05) is 13.7 Å². The summed E-state index contributed by atoms with van der Waals surface area (Å²) in [4.78, 5) is 8.58. The van der Waals surface area contributed by atoms with Crippen molar-refractivity contribution in [2.45, 2.75) is 19.1 Å². The molecule has 32 heavy (non-hydrogen) atoms. The molecular formula is C25H23ClN4O2. The Bertz CT molecular complexity index is 1270. The number of imidazole rings is 1. The maximum Gasteiger partial charge on any atom is 0.234 e. The second-order valence-electron chi connectivity index (χ2n) is 7.64. The van der Waals surface area contributed by atoms with Crippen LogP contribution in [0.2, 0.25) is 5.02 Å². The van der Waals surface area contributed by atoms with E-state index in [4.69, 9.17) is 21.1 Å². The van der Waals surface area contributed by atoms with Gasteiger partial charge in [0, 0.05) is 12.7 Å². The van der Waals surface area contributed by atoms with Crippen molar-refractivity contribution >= 4 is 23.5 Å². The summed E-state index contributed by atoms with van der Waals surface area (Å²) in [6, 6.07) is 14.4. The van der Waals surface area contributed by atoms with Gasteiger partial charge in [-0.25, -0.2) is 9.97 Å². The first kappa shape index (κ1) is 20.5. The highest BCUT2D eigenvalue weighted by Crippen LogP contribution is 2.36. The number of methoxy groups -OCH3 is 1. The van der Waals surface area contributed by atoms with Crippen LogP contribution in [0.5, 0.6) is 11.5 Å². The second-order valence-corrected chi connectivity index (χ2v) is 8.08. The lowest BCUT2D eigenvalue weighted by atomic mass is 9.93. The normalized spacial score (nSPS) is 15.8. The molecule has 5 rings (SSSR count). The molecule has 0 saturated carbocycles. The van der Waals surface area contributed by atoms with E-state index in [2.05, 4.69) is 45.6 Å². The first-order valence-electron chi connectivity index (χ1n) is 10.5. The summed E-state index contributed by atoms with van der Waals surface area (Å²) < 4.78 is 13.6. The number of ether oxygens (including phenoxy) is 2. The van der Waals surface area contributed by atoms with Crippen LogP contribution in [0.3, 0.4) is 0 Å². The SMILES string of the molecule is COc1cc2c(cc1OCc1ccccc1)CCNC2/C=C/c1cnc2ncc(Cl)cn12. The number of rotatable bonds is 6. The lowest BCUT2D eigenvalue weighted by Gasteiger charge is -2.26. The largest absolute Gasteiger partial charge is 0.493 e. The van der Waals surface area contributed by atoms with E-state index in [1.165, 1.54) is 11.1 Å². The molecule has 3 heterocycles. The van der Waals surface area contributed by atoms with Crippen molar-refractivity contribution in [2.24, 2.45) is 0 Å². The summed E-state index contributed by atoms with van der Waals surface area (Å²) >= 11 is 6.10. The number of nitrogens with one attached hydrogen (secondary N) is 1. The molecule has 0 aliphatic carbocycles. The van der Waals surface area contributed by atoms with Gasteiger partial charge in [0.1, 0.15) is 6.61 Å². The molecule has 7 heteroatoms. The molecule has 162 valence electrons. The van der Waals surface area contributed by atoms with Crippen LogP contribution in [0, 0.1) is 0 Å². The molecule has 0 radical (unpaired) electrons. The van der Waals surface area contributed by atoms with Gasteiger partial charge in [-0.2, -0.15) is 0 Å². The maximum atomic E-state index is 6.10. The summed E-state index contributed by atoms with van der Waals surface area (Å²) in [6.07, 6.45) is 10.3. The van der Waals surface area contributed by atoms with Crippen LogP contribution in [0.15, 0.2) is 67.1 Å². The summed E-state index contributed by atoms with van der Waals surface area (Å²) in [5.74, 6) is 2.11. The van der Waals surface area contributed by atoms with Crippen LogP contribution in [-0.4, -0.2) is 28.0 Å². The average Bonchev–Trinajstić information content (AvgIpc) is 3.23. The van der Waals surface area contributed by atoms with E-state index in [-0.39, 0.29) is 6.04 Å². The highest BCUT2D eigenvalue weighted by atomic mass is 35.5. The van der Waals surface area contributed by atoms with Gasteiger partial charge in [-0.15, -0.1) is 0 Å². The van der Waals surface area contributed by atoms with Gasteiger partial charge in [-0.1, -0.05) is 48.0 Å². The van der Waals surface area contributed by atoms with E-state index in [9.17, 15) is 0 Å². The molecule has 2 aromatic carbocycles. The summed E-state index contributed by atoms with van der Waals surface area (Å²) in [7, 11) is 1.67. The molecule has 4 aromatic rings. The minimum Gasteiger partial charge on any atom is -0.493 e. The number of benzene rings is 2. The Morgan fingerprint density at radius 3 is 2.84 bits per heavy atom. The van der Waals surface area contributed by atoms with E-state index in [0.717, 1.165) is 35.7 Å². The third-order valence-electron chi connectivity index (χ3n) is 5.58. The fourth-order valence-electron chi connectivity index (χ4n) is 3.96. The molecule has 1 aliphatic rings. The lowest BCUT2D eigenvalue weighted by Crippen LogP contribution is -2.28. The molecule has 0 saturated heterocycles. The number of hydrogen-bond donors (Lipinski definition) is 1. The minimum absolute atomic E-state index is 0.0496. The predicted molar refractivity (Wildman–Crippen MR) is 125 cm³/mol. The summed E-state index contributed by atoms with van der Waals surface area (Å²) in [6.45, 7) is 1.38. The zero-order chi connectivity index (χ0) is 21.9. The number of fused-ring (bicyclic) bond motifs is 2. The summed E-state index contributed by atoms with van der Waals surface area (Å²) in [5.41, 5.74) is 4.47. The zero-order valence-electron chi connectivity index (χ0n) is 17.7. The maximum absolute atomic E-state index is 6.10. The number of aromatic nitrogens is 3. The smallest absolute Gasteiger partial charge is 0.234 e. The van der Waals surface area contributed by atoms with Crippen molar-refractivity contribution in [1.29, 1.82) is 0 Å². The van der Waals surface area contributed by atoms with Crippen molar-refractivity contribution < 1.29 is 9.47 Å². The predicted octanol–water partition coefficient (Wildman–Crippen LogP) is 4.87. The third kappa shape index (κ3) is 4.20. The Kier molecular flexibility index (Phi) is 5.79. The van der Waals surface area contributed by atoms with Crippen LogP contribution >= 0.6 is 11.6 Å². The average molecular weight is 447 g/mol. The molecule has 1 aliphatic heterocycles. The first-order valence-corrected chi connectivity index (χ1v) is 10.9. The first-order chi connectivity index (χ1) is 15.7. The molecular weight excluding hydrogens is 424 g/mol. The highest BCUT2D eigenvalue weighted by molar-refractivity contribution is 6.30. The van der Waals surface area contributed by atoms with Gasteiger partial charge in [-0.3, -0.25) is 4.40 Å². The highest BCUT2D eigenvalue weighted by Gasteiger charge is 2.21. The van der Waals surface area contributed by atoms with Crippen LogP contribution in [0.1, 0.15) is 28.4 Å². The molecule has 1 N–H and O–H groups in total. The fourth-order valence-corrected chi connectivity index (χ4v) is 4.11. The molecule has 0 amide bonds. The molecule has 1 unspecified atom stereocenters. The van der Waals surface area contributed by atoms with E-state index in [0.29, 0.717) is 17.4 Å². The molecule has 2 aromatic heterocycles. The van der Waals surface area contributed by atoms with Crippen LogP contribution in [0.25, 0.3) is 11.9 Å². The number of halogens is 1. The van der Waals surface area contributed by atoms with Gasteiger partial charge < -0.3 is 14.8 Å². The van der Waals surface area contributed by atoms with E-state index < -0.39 is 0 Å². The molecule has 0 fully saturated rings. The standard InChI is InChI=1S/C25H23ClN4O2/c1-31-23-12-21-18(11-24(23)32-16-17-5-3-2-4-6-17)9-10-27-22(21)8-7-20-14-29-25-28-13-19(26)15-30(20)25/h2-8,11-15,22,27H,9-10,16H2,1H3/b8-7+. The van der Waals surface area contributed by atoms with Gasteiger partial charge in [0.25, 0.3) is 0 Å². The van der Waals surface area contributed by atoms with E-state index >= 15 is 0 Å². The zero-order valence-corrected chi connectivity index (χ0v) is 18.4. The van der Waals surface area contributed by atoms with Crippen molar-refractivity contribution in [3.8, 4) is 11.5 Å². The third-order valence-corrected chi connectivity index (χ3v) is 5.77. The minimum atomic E-state index is 0.0496. The van der Waals surface area contributed by atoms with Crippen LogP contribution in [-0.2, 0) is 13.0 Å². The van der Waals surface area contributed by atoms with Gasteiger partial charge in [0.05, 0.1) is 36.3 Å². The Hall–Kier alpha value is -3.35. The van der Waals surface area contributed by atoms with Crippen LogP contribution < -0.4 is 14.8 Å². The Morgan fingerprint density at radius 1 is 1.16 bits per heavy atom. The number of hydrogen-bond acceptors (Lipinski definition) is 5. The van der Waals surface area contributed by atoms with Crippen molar-refractivity contribution in [1.82, 2.24) is 19.7 Å². The molecule has 6 nitrogen and oxygen atoms in total. The van der Waals surface area contributed by atoms with Gasteiger partial charge in [0.2, 0.25) is 5.78 Å². The van der Waals surface area contributed by atoms with Gasteiger partial charge in [0.15, 0.2) is 11.5 Å². The topological polar surface area (TPSA) is 60.7 Å². The van der Waals surface area contributed by atoms with E-state index in [1.807, 2.05) is 34.9 Å². The second kappa shape index (κ2) is 9.02. The van der Waals surface area contributed by atoms with Crippen molar-refractivity contribution in [3.05, 3.63) is 94.5 Å².